The Labute approximate surface area is 92.8 Å². The monoisotopic (exact) mass is 212 g/mol. The van der Waals surface area contributed by atoms with Gasteiger partial charge in [-0.2, -0.15) is 0 Å². The molecule has 15 heavy (non-hydrogen) atoms. The van der Waals surface area contributed by atoms with E-state index in [1.807, 2.05) is 13.8 Å². The molecule has 1 aliphatic rings. The molecule has 0 radical (unpaired) electrons. The van der Waals surface area contributed by atoms with Gasteiger partial charge in [0.2, 0.25) is 5.91 Å². The summed E-state index contributed by atoms with van der Waals surface area (Å²) in [5, 5.41) is 2.99. The lowest BCUT2D eigenvalue weighted by Gasteiger charge is -2.41. The smallest absolute Gasteiger partial charge is 0.237 e. The lowest BCUT2D eigenvalue weighted by Crippen LogP contribution is -2.49. The Morgan fingerprint density at radius 3 is 2.40 bits per heavy atom. The average molecular weight is 212 g/mol. The molecule has 0 heterocycles. The van der Waals surface area contributed by atoms with Crippen LogP contribution in [0, 0.1) is 11.3 Å². The summed E-state index contributed by atoms with van der Waals surface area (Å²) < 4.78 is 0. The van der Waals surface area contributed by atoms with Crippen molar-refractivity contribution in [1.82, 2.24) is 5.32 Å². The highest BCUT2D eigenvalue weighted by atomic mass is 16.2. The molecule has 0 spiro atoms. The second kappa shape index (κ2) is 4.97. The maximum Gasteiger partial charge on any atom is 0.237 e. The average Bonchev–Trinajstić information content (AvgIpc) is 2.15. The SMILES string of the molecule is CCC1(CNC(=O)C(N)C(C)C)CCC1. The van der Waals surface area contributed by atoms with E-state index < -0.39 is 0 Å². The number of hydrogen-bond donors (Lipinski definition) is 2. The Morgan fingerprint density at radius 1 is 1.47 bits per heavy atom. The number of amides is 1. The molecule has 1 saturated carbocycles. The van der Waals surface area contributed by atoms with E-state index in [-0.39, 0.29) is 17.9 Å². The molecule has 3 nitrogen and oxygen atoms in total. The number of carbonyl (C=O) groups is 1. The fraction of sp³-hybridized carbons (Fsp3) is 0.917. The van der Waals surface area contributed by atoms with Gasteiger partial charge < -0.3 is 11.1 Å². The van der Waals surface area contributed by atoms with E-state index in [0.717, 1.165) is 13.0 Å². The lowest BCUT2D eigenvalue weighted by molar-refractivity contribution is -0.124. The van der Waals surface area contributed by atoms with E-state index in [4.69, 9.17) is 5.73 Å². The Hall–Kier alpha value is -0.570. The quantitative estimate of drug-likeness (QED) is 0.728. The van der Waals surface area contributed by atoms with E-state index in [1.165, 1.54) is 19.3 Å². The Bertz CT molecular complexity index is 216. The summed E-state index contributed by atoms with van der Waals surface area (Å²) in [6.07, 6.45) is 4.96. The van der Waals surface area contributed by atoms with Crippen molar-refractivity contribution in [2.24, 2.45) is 17.1 Å². The van der Waals surface area contributed by atoms with Crippen molar-refractivity contribution in [3.63, 3.8) is 0 Å². The van der Waals surface area contributed by atoms with Crippen LogP contribution in [0.3, 0.4) is 0 Å². The van der Waals surface area contributed by atoms with Crippen molar-refractivity contribution in [1.29, 1.82) is 0 Å². The van der Waals surface area contributed by atoms with Gasteiger partial charge in [0, 0.05) is 6.54 Å². The summed E-state index contributed by atoms with van der Waals surface area (Å²) in [5.74, 6) is 0.216. The molecule has 0 bridgehead atoms. The van der Waals surface area contributed by atoms with Crippen LogP contribution < -0.4 is 11.1 Å². The summed E-state index contributed by atoms with van der Waals surface area (Å²) >= 11 is 0. The molecule has 0 aliphatic heterocycles. The fourth-order valence-corrected chi connectivity index (χ4v) is 2.03. The normalized spacial score (nSPS) is 20.9. The maximum atomic E-state index is 11.7. The molecule has 1 amide bonds. The molecule has 0 aromatic carbocycles. The van der Waals surface area contributed by atoms with Gasteiger partial charge in [0.15, 0.2) is 0 Å². The molecule has 1 fully saturated rings. The van der Waals surface area contributed by atoms with Gasteiger partial charge in [-0.05, 0) is 30.6 Å². The molecule has 88 valence electrons. The van der Waals surface area contributed by atoms with E-state index in [2.05, 4.69) is 12.2 Å². The molecule has 3 N–H and O–H groups in total. The van der Waals surface area contributed by atoms with Crippen molar-refractivity contribution >= 4 is 5.91 Å². The third kappa shape index (κ3) is 2.94. The van der Waals surface area contributed by atoms with Gasteiger partial charge in [-0.1, -0.05) is 27.2 Å². The second-order valence-corrected chi connectivity index (χ2v) is 5.19. The molecular weight excluding hydrogens is 188 g/mol. The highest BCUT2D eigenvalue weighted by Crippen LogP contribution is 2.42. The van der Waals surface area contributed by atoms with Gasteiger partial charge in [-0.3, -0.25) is 4.79 Å². The van der Waals surface area contributed by atoms with Gasteiger partial charge in [0.25, 0.3) is 0 Å². The zero-order valence-corrected chi connectivity index (χ0v) is 10.2. The number of nitrogens with one attached hydrogen (secondary N) is 1. The van der Waals surface area contributed by atoms with E-state index >= 15 is 0 Å². The molecular formula is C12H24N2O. The highest BCUT2D eigenvalue weighted by Gasteiger charge is 2.35. The molecule has 1 atom stereocenters. The summed E-state index contributed by atoms with van der Waals surface area (Å²) in [6.45, 7) is 6.96. The van der Waals surface area contributed by atoms with Crippen molar-refractivity contribution in [2.75, 3.05) is 6.54 Å². The van der Waals surface area contributed by atoms with Gasteiger partial charge in [0.1, 0.15) is 0 Å². The van der Waals surface area contributed by atoms with Crippen LogP contribution in [0.1, 0.15) is 46.5 Å². The summed E-state index contributed by atoms with van der Waals surface area (Å²) in [5.41, 5.74) is 6.16. The minimum absolute atomic E-state index is 0.00438. The molecule has 3 heteroatoms. The van der Waals surface area contributed by atoms with Crippen LogP contribution >= 0.6 is 0 Å². The second-order valence-electron chi connectivity index (χ2n) is 5.19. The first-order valence-electron chi connectivity index (χ1n) is 6.04. The van der Waals surface area contributed by atoms with Crippen LogP contribution in [0.4, 0.5) is 0 Å². The number of carbonyl (C=O) groups excluding carboxylic acids is 1. The Balaban J connectivity index is 2.33. The van der Waals surface area contributed by atoms with E-state index in [1.54, 1.807) is 0 Å². The fourth-order valence-electron chi connectivity index (χ4n) is 2.03. The summed E-state index contributed by atoms with van der Waals surface area (Å²) in [6, 6.07) is -0.362. The topological polar surface area (TPSA) is 55.1 Å². The Morgan fingerprint density at radius 2 is 2.07 bits per heavy atom. The predicted molar refractivity (Wildman–Crippen MR) is 62.4 cm³/mol. The van der Waals surface area contributed by atoms with E-state index in [0.29, 0.717) is 5.41 Å². The van der Waals surface area contributed by atoms with Gasteiger partial charge in [-0.15, -0.1) is 0 Å². The summed E-state index contributed by atoms with van der Waals surface area (Å²) in [7, 11) is 0. The first kappa shape index (κ1) is 12.5. The minimum atomic E-state index is -0.362. The lowest BCUT2D eigenvalue weighted by atomic mass is 9.67. The van der Waals surface area contributed by atoms with Crippen LogP contribution in [-0.4, -0.2) is 18.5 Å². The van der Waals surface area contributed by atoms with Gasteiger partial charge in [-0.25, -0.2) is 0 Å². The van der Waals surface area contributed by atoms with E-state index in [9.17, 15) is 4.79 Å². The van der Waals surface area contributed by atoms with Gasteiger partial charge in [0.05, 0.1) is 6.04 Å². The van der Waals surface area contributed by atoms with Gasteiger partial charge >= 0.3 is 0 Å². The number of rotatable bonds is 5. The first-order valence-corrected chi connectivity index (χ1v) is 6.04. The van der Waals surface area contributed by atoms with Crippen LogP contribution in [0.2, 0.25) is 0 Å². The molecule has 0 aromatic rings. The standard InChI is InChI=1S/C12H24N2O/c1-4-12(6-5-7-12)8-14-11(15)10(13)9(2)3/h9-10H,4-8,13H2,1-3H3,(H,14,15). The van der Waals surface area contributed by atoms with Crippen molar-refractivity contribution in [3.8, 4) is 0 Å². The molecule has 1 aliphatic carbocycles. The van der Waals surface area contributed by atoms with Crippen LogP contribution in [0.5, 0.6) is 0 Å². The van der Waals surface area contributed by atoms with Crippen molar-refractivity contribution in [2.45, 2.75) is 52.5 Å². The molecule has 0 saturated heterocycles. The number of nitrogens with two attached hydrogens (primary N) is 1. The summed E-state index contributed by atoms with van der Waals surface area (Å²) in [4.78, 5) is 11.7. The highest BCUT2D eigenvalue weighted by molar-refractivity contribution is 5.81. The minimum Gasteiger partial charge on any atom is -0.354 e. The largest absolute Gasteiger partial charge is 0.354 e. The molecule has 0 aromatic heterocycles. The van der Waals surface area contributed by atoms with Crippen molar-refractivity contribution < 1.29 is 4.79 Å². The van der Waals surface area contributed by atoms with Crippen LogP contribution in [0.15, 0.2) is 0 Å². The zero-order chi connectivity index (χ0) is 11.5. The Kier molecular flexibility index (Phi) is 4.14. The first-order chi connectivity index (χ1) is 7.01. The molecule has 1 rings (SSSR count). The molecule has 1 unspecified atom stereocenters. The van der Waals surface area contributed by atoms with Crippen LogP contribution in [-0.2, 0) is 4.79 Å². The third-order valence-corrected chi connectivity index (χ3v) is 3.82. The number of hydrogen-bond acceptors (Lipinski definition) is 2. The zero-order valence-electron chi connectivity index (χ0n) is 10.2. The van der Waals surface area contributed by atoms with Crippen LogP contribution in [0.25, 0.3) is 0 Å². The maximum absolute atomic E-state index is 11.7. The predicted octanol–water partition coefficient (Wildman–Crippen LogP) is 1.67. The van der Waals surface area contributed by atoms with Crippen molar-refractivity contribution in [3.05, 3.63) is 0 Å². The third-order valence-electron chi connectivity index (χ3n) is 3.82.